The average Bonchev–Trinajstić information content (AvgIpc) is 4.46. The smallest absolute Gasteiger partial charge is 0.149 e. The van der Waals surface area contributed by atoms with E-state index in [9.17, 15) is 25.5 Å². The third-order valence-electron chi connectivity index (χ3n) is 19.4. The van der Waals surface area contributed by atoms with Gasteiger partial charge in [-0.1, -0.05) is 42.9 Å². The number of methoxy groups -OCH3 is 1. The monoisotopic (exact) mass is 1050 g/mol. The second kappa shape index (κ2) is 20.5. The summed E-state index contributed by atoms with van der Waals surface area (Å²) in [6.45, 7) is 1.40. The first-order valence-electron chi connectivity index (χ1n) is 28.7. The summed E-state index contributed by atoms with van der Waals surface area (Å²) in [5.74, 6) is 8.47. The number of hydrogen-bond acceptors (Lipinski definition) is 13. The average molecular weight is 1050 g/mol. The molecule has 77 heavy (non-hydrogen) atoms. The van der Waals surface area contributed by atoms with Gasteiger partial charge in [0, 0.05) is 78.5 Å². The van der Waals surface area contributed by atoms with Crippen LogP contribution in [-0.4, -0.2) is 95.1 Å². The molecule has 3 spiro atoms. The van der Waals surface area contributed by atoms with Crippen LogP contribution in [0.15, 0.2) is 78.9 Å². The Labute approximate surface area is 451 Å². The van der Waals surface area contributed by atoms with E-state index in [1.807, 2.05) is 42.5 Å². The van der Waals surface area contributed by atoms with E-state index in [-0.39, 0.29) is 60.7 Å². The van der Waals surface area contributed by atoms with Crippen molar-refractivity contribution in [3.8, 4) is 63.2 Å². The maximum Gasteiger partial charge on any atom is 0.149 e. The summed E-state index contributed by atoms with van der Waals surface area (Å²) < 4.78 is 41.8. The van der Waals surface area contributed by atoms with Crippen LogP contribution in [0.4, 0.5) is 0 Å². The maximum atomic E-state index is 13.5. The van der Waals surface area contributed by atoms with Crippen molar-refractivity contribution >= 4 is 10.8 Å². The van der Waals surface area contributed by atoms with Crippen LogP contribution in [0.1, 0.15) is 131 Å². The molecule has 10 atom stereocenters. The molecule has 1 saturated heterocycles. The molecule has 13 nitrogen and oxygen atoms in total. The quantitative estimate of drug-likeness (QED) is 0.0491. The van der Waals surface area contributed by atoms with Crippen LogP contribution in [0.3, 0.4) is 0 Å². The molecular weight excluding hydrogens is 973 g/mol. The summed E-state index contributed by atoms with van der Waals surface area (Å²) >= 11 is 0. The molecule has 10 unspecified atom stereocenters. The lowest BCUT2D eigenvalue weighted by Crippen LogP contribution is -2.75. The third-order valence-corrected chi connectivity index (χ3v) is 19.4. The Morgan fingerprint density at radius 1 is 0.792 bits per heavy atom. The summed E-state index contributed by atoms with van der Waals surface area (Å²) in [4.78, 5) is 0. The Bertz CT molecular complexity index is 3080. The van der Waals surface area contributed by atoms with Crippen molar-refractivity contribution in [3.63, 3.8) is 0 Å². The fourth-order valence-corrected chi connectivity index (χ4v) is 15.8. The normalized spacial score (nSPS) is 31.0. The van der Waals surface area contributed by atoms with Gasteiger partial charge >= 0.3 is 0 Å². The fraction of sp³-hybridized carbons (Fsp3) is 0.531. The van der Waals surface area contributed by atoms with E-state index < -0.39 is 41.8 Å². The van der Waals surface area contributed by atoms with Crippen LogP contribution >= 0.6 is 0 Å². The minimum atomic E-state index is -1.07. The van der Waals surface area contributed by atoms with E-state index in [0.29, 0.717) is 71.8 Å². The van der Waals surface area contributed by atoms with E-state index in [4.69, 9.17) is 28.4 Å². The lowest BCUT2D eigenvalue weighted by molar-refractivity contribution is -0.167. The number of aliphatic hydroxyl groups excluding tert-OH is 2. The van der Waals surface area contributed by atoms with E-state index in [2.05, 4.69) is 22.5 Å². The van der Waals surface area contributed by atoms with E-state index in [1.54, 1.807) is 43.5 Å². The molecule has 4 aliphatic heterocycles. The SMILES string of the molecule is COCCCC1Oc2c3cc(c4cc(O)ccc24)OCC#CC2CNC4(CCC5(CCCC5)C4)NC24CCC(CO)C4OC3C1C1COc2c(Cc3cc(O)ccc3-c3cccc(O)c3)cc(OC3CCCC3)cc2C1O. The highest BCUT2D eigenvalue weighted by molar-refractivity contribution is 5.96. The van der Waals surface area contributed by atoms with Gasteiger partial charge in [0.15, 0.2) is 0 Å². The lowest BCUT2D eigenvalue weighted by atomic mass is 9.71. The van der Waals surface area contributed by atoms with Gasteiger partial charge in [-0.2, -0.15) is 0 Å². The van der Waals surface area contributed by atoms with Crippen molar-refractivity contribution < 1.29 is 54.0 Å². The van der Waals surface area contributed by atoms with E-state index in [0.717, 1.165) is 84.6 Å². The zero-order chi connectivity index (χ0) is 52.5. The molecule has 13 heteroatoms. The summed E-state index contributed by atoms with van der Waals surface area (Å²) in [6.07, 6.45) is 12.8. The van der Waals surface area contributed by atoms with Crippen LogP contribution in [0.25, 0.3) is 21.9 Å². The number of fused-ring (bicyclic) bond motifs is 5. The second-order valence-electron chi connectivity index (χ2n) is 24.0. The molecule has 0 amide bonds. The highest BCUT2D eigenvalue weighted by Crippen LogP contribution is 2.60. The Hall–Kier alpha value is -5.72. The minimum Gasteiger partial charge on any atom is -0.508 e. The molecule has 0 radical (unpaired) electrons. The highest BCUT2D eigenvalue weighted by Gasteiger charge is 2.63. The fourth-order valence-electron chi connectivity index (χ4n) is 15.8. The van der Waals surface area contributed by atoms with Crippen LogP contribution in [0.5, 0.6) is 40.2 Å². The molecule has 406 valence electrons. The molecule has 8 aliphatic rings. The lowest BCUT2D eigenvalue weighted by Gasteiger charge is -2.55. The van der Waals surface area contributed by atoms with Gasteiger partial charge in [0.1, 0.15) is 53.0 Å². The first kappa shape index (κ1) is 50.8. The Kier molecular flexibility index (Phi) is 13.5. The molecule has 7 N–H and O–H groups in total. The Morgan fingerprint density at radius 3 is 2.45 bits per heavy atom. The number of nitrogens with one attached hydrogen (secondary N) is 2. The number of hydrogen-bond donors (Lipinski definition) is 7. The number of rotatable bonds is 11. The van der Waals surface area contributed by atoms with Crippen molar-refractivity contribution in [1.29, 1.82) is 0 Å². The number of aromatic hydroxyl groups is 3. The van der Waals surface area contributed by atoms with Gasteiger partial charge in [0.2, 0.25) is 0 Å². The van der Waals surface area contributed by atoms with Crippen LogP contribution in [-0.2, 0) is 15.9 Å². The largest absolute Gasteiger partial charge is 0.508 e. The third kappa shape index (κ3) is 9.24. The van der Waals surface area contributed by atoms with Gasteiger partial charge in [0.05, 0.1) is 48.1 Å². The predicted molar refractivity (Wildman–Crippen MR) is 291 cm³/mol. The van der Waals surface area contributed by atoms with Gasteiger partial charge < -0.3 is 54.0 Å². The molecule has 2 bridgehead atoms. The molecule has 4 saturated carbocycles. The Balaban J connectivity index is 0.950. The molecule has 4 aliphatic carbocycles. The summed E-state index contributed by atoms with van der Waals surface area (Å²) in [7, 11) is 1.71. The molecule has 5 aromatic rings. The topological polar surface area (TPSA) is 181 Å². The highest BCUT2D eigenvalue weighted by atomic mass is 16.5. The van der Waals surface area contributed by atoms with Crippen molar-refractivity contribution in [1.82, 2.24) is 10.6 Å². The maximum absolute atomic E-state index is 13.5. The van der Waals surface area contributed by atoms with Crippen molar-refractivity contribution in [2.75, 3.05) is 40.1 Å². The number of phenolic OH excluding ortho intramolecular Hbond substituents is 3. The second-order valence-corrected chi connectivity index (χ2v) is 24.0. The Morgan fingerprint density at radius 2 is 1.62 bits per heavy atom. The van der Waals surface area contributed by atoms with Gasteiger partial charge in [-0.25, -0.2) is 0 Å². The van der Waals surface area contributed by atoms with Gasteiger partial charge in [0.25, 0.3) is 0 Å². The van der Waals surface area contributed by atoms with Gasteiger partial charge in [-0.15, -0.1) is 0 Å². The summed E-state index contributed by atoms with van der Waals surface area (Å²) in [5, 5.41) is 67.3. The molecule has 13 rings (SSSR count). The van der Waals surface area contributed by atoms with Crippen molar-refractivity contribution in [2.45, 2.75) is 144 Å². The molecule has 0 aromatic heterocycles. The van der Waals surface area contributed by atoms with Crippen LogP contribution < -0.4 is 29.6 Å². The molecule has 4 heterocycles. The number of phenols is 3. The van der Waals surface area contributed by atoms with Gasteiger partial charge in [-0.3, -0.25) is 10.6 Å². The standard InChI is InChI=1S/C64H74N2O11/c1-72-25-8-14-54-56(53-36-74-58-41(30-47(32-51(58)57(53)71)75-46-12-2-3-13-46)27-40-29-44(69)15-17-48(40)38-9-6-11-43(68)28-38)60-52-33-55(50-31-45(70)16-18-49(50)59(52)76-54)73-26-7-10-42-34-65-63(24-23-62(37-63)20-4-5-21-62)66-64(42)22-19-39(35-67)61(64)77-60/h6,9,11,15-18,28-33,39,42,46,53-54,56-57,60-61,65-71H,2-5,8,12-14,19-27,34-37H2,1H3. The predicted octanol–water partition coefficient (Wildman–Crippen LogP) is 10.3. The first-order chi connectivity index (χ1) is 37.5. The zero-order valence-electron chi connectivity index (χ0n) is 44.2. The molecule has 5 aromatic carbocycles. The number of aliphatic hydroxyl groups is 2. The van der Waals surface area contributed by atoms with Crippen molar-refractivity contribution in [3.05, 3.63) is 101 Å². The zero-order valence-corrected chi connectivity index (χ0v) is 44.2. The van der Waals surface area contributed by atoms with Crippen molar-refractivity contribution in [2.24, 2.45) is 29.1 Å². The van der Waals surface area contributed by atoms with E-state index >= 15 is 0 Å². The summed E-state index contributed by atoms with van der Waals surface area (Å²) in [6, 6.07) is 23.7. The minimum absolute atomic E-state index is 0.0375. The number of ether oxygens (including phenoxy) is 6. The summed E-state index contributed by atoms with van der Waals surface area (Å²) in [5.41, 5.74) is 4.09. The van der Waals surface area contributed by atoms with E-state index in [1.165, 1.54) is 32.1 Å². The van der Waals surface area contributed by atoms with Crippen LogP contribution in [0, 0.1) is 40.9 Å². The molecule has 5 fully saturated rings. The molecular formula is C64H74N2O11. The van der Waals surface area contributed by atoms with Gasteiger partial charge in [-0.05, 0) is 166 Å². The number of benzene rings is 5. The van der Waals surface area contributed by atoms with Crippen LogP contribution in [0.2, 0.25) is 0 Å². The first-order valence-corrected chi connectivity index (χ1v) is 28.7.